The summed E-state index contributed by atoms with van der Waals surface area (Å²) < 4.78 is 10.5. The second-order valence-electron chi connectivity index (χ2n) is 3.70. The molecule has 5 nitrogen and oxygen atoms in total. The lowest BCUT2D eigenvalue weighted by atomic mass is 10.2. The largest absolute Gasteiger partial charge is 0.494 e. The van der Waals surface area contributed by atoms with Gasteiger partial charge in [-0.25, -0.2) is 9.78 Å². The van der Waals surface area contributed by atoms with Crippen LogP contribution in [0.4, 0.5) is 0 Å². The maximum Gasteiger partial charge on any atom is 0.373 e. The maximum absolute atomic E-state index is 10.9. The fourth-order valence-corrected chi connectivity index (χ4v) is 1.58. The third-order valence-electron chi connectivity index (χ3n) is 2.40. The number of rotatable bonds is 4. The zero-order valence-electron chi connectivity index (χ0n) is 10.1. The van der Waals surface area contributed by atoms with Gasteiger partial charge in [0.15, 0.2) is 0 Å². The Morgan fingerprint density at radius 1 is 1.39 bits per heavy atom. The number of hydrogen-bond donors (Lipinski definition) is 1. The number of ether oxygens (including phenoxy) is 1. The number of aromatic carboxylic acids is 1. The molecular weight excluding hydrogens is 234 g/mol. The molecule has 2 aromatic rings. The van der Waals surface area contributed by atoms with Crippen LogP contribution >= 0.6 is 0 Å². The van der Waals surface area contributed by atoms with Crippen LogP contribution in [0.1, 0.15) is 23.2 Å². The Morgan fingerprint density at radius 3 is 2.56 bits per heavy atom. The summed E-state index contributed by atoms with van der Waals surface area (Å²) in [5, 5.41) is 8.89. The third-order valence-corrected chi connectivity index (χ3v) is 2.40. The first-order valence-electron chi connectivity index (χ1n) is 5.55. The van der Waals surface area contributed by atoms with E-state index < -0.39 is 5.97 Å². The van der Waals surface area contributed by atoms with Gasteiger partial charge in [-0.3, -0.25) is 0 Å². The number of nitrogens with zero attached hydrogens (tertiary/aromatic N) is 1. The highest BCUT2D eigenvalue weighted by atomic mass is 16.5. The second kappa shape index (κ2) is 4.91. The number of carbonyl (C=O) groups is 1. The molecular formula is C13H13NO4. The zero-order chi connectivity index (χ0) is 13.1. The summed E-state index contributed by atoms with van der Waals surface area (Å²) in [6.45, 7) is 4.11. The van der Waals surface area contributed by atoms with E-state index in [2.05, 4.69) is 4.98 Å². The molecule has 1 aromatic heterocycles. The van der Waals surface area contributed by atoms with Crippen molar-refractivity contribution in [1.82, 2.24) is 4.98 Å². The summed E-state index contributed by atoms with van der Waals surface area (Å²) in [7, 11) is 0. The Labute approximate surface area is 104 Å². The number of aryl methyl sites for hydroxylation is 1. The molecule has 2 rings (SSSR count). The number of oxazole rings is 1. The topological polar surface area (TPSA) is 72.6 Å². The van der Waals surface area contributed by atoms with E-state index in [1.807, 2.05) is 6.92 Å². The minimum atomic E-state index is -1.11. The first-order valence-corrected chi connectivity index (χ1v) is 5.55. The van der Waals surface area contributed by atoms with Gasteiger partial charge in [0.2, 0.25) is 11.7 Å². The molecule has 5 heteroatoms. The van der Waals surface area contributed by atoms with Crippen molar-refractivity contribution in [3.05, 3.63) is 35.7 Å². The molecule has 18 heavy (non-hydrogen) atoms. The molecule has 1 aromatic carbocycles. The monoisotopic (exact) mass is 247 g/mol. The van der Waals surface area contributed by atoms with Gasteiger partial charge in [-0.15, -0.1) is 0 Å². The second-order valence-corrected chi connectivity index (χ2v) is 3.70. The van der Waals surface area contributed by atoms with Gasteiger partial charge in [0.05, 0.1) is 12.3 Å². The van der Waals surface area contributed by atoms with Crippen molar-refractivity contribution in [2.24, 2.45) is 0 Å². The lowest BCUT2D eigenvalue weighted by Gasteiger charge is -2.02. The van der Waals surface area contributed by atoms with Crippen molar-refractivity contribution in [3.63, 3.8) is 0 Å². The molecule has 0 amide bonds. The van der Waals surface area contributed by atoms with E-state index in [0.29, 0.717) is 23.8 Å². The van der Waals surface area contributed by atoms with E-state index in [1.165, 1.54) is 0 Å². The average Bonchev–Trinajstić information content (AvgIpc) is 2.73. The molecule has 0 radical (unpaired) electrons. The minimum absolute atomic E-state index is 0.126. The van der Waals surface area contributed by atoms with Gasteiger partial charge in [0.25, 0.3) is 0 Å². The van der Waals surface area contributed by atoms with Crippen molar-refractivity contribution < 1.29 is 19.1 Å². The average molecular weight is 247 g/mol. The summed E-state index contributed by atoms with van der Waals surface area (Å²) in [6, 6.07) is 7.14. The Kier molecular flexibility index (Phi) is 3.32. The number of carboxylic acids is 1. The maximum atomic E-state index is 10.9. The summed E-state index contributed by atoms with van der Waals surface area (Å²) in [5.74, 6) is -0.188. The van der Waals surface area contributed by atoms with Crippen LogP contribution in [0.2, 0.25) is 0 Å². The predicted octanol–water partition coefficient (Wildman–Crippen LogP) is 2.75. The van der Waals surface area contributed by atoms with E-state index in [1.54, 1.807) is 31.2 Å². The van der Waals surface area contributed by atoms with E-state index in [9.17, 15) is 4.79 Å². The molecule has 0 unspecified atom stereocenters. The standard InChI is InChI=1S/C13H13NO4/c1-3-17-10-6-4-9(5-7-10)12-14-8(2)11(18-12)13(15)16/h4-7H,3H2,1-2H3,(H,15,16). The van der Waals surface area contributed by atoms with E-state index in [-0.39, 0.29) is 5.76 Å². The molecule has 0 fully saturated rings. The summed E-state index contributed by atoms with van der Waals surface area (Å²) in [4.78, 5) is 14.9. The van der Waals surface area contributed by atoms with Gasteiger partial charge in [0.1, 0.15) is 5.75 Å². The zero-order valence-corrected chi connectivity index (χ0v) is 10.1. The first kappa shape index (κ1) is 12.2. The third kappa shape index (κ3) is 2.34. The van der Waals surface area contributed by atoms with Gasteiger partial charge in [-0.1, -0.05) is 0 Å². The first-order chi connectivity index (χ1) is 8.61. The highest BCUT2D eigenvalue weighted by molar-refractivity contribution is 5.86. The Morgan fingerprint density at radius 2 is 2.06 bits per heavy atom. The van der Waals surface area contributed by atoms with Gasteiger partial charge in [-0.2, -0.15) is 0 Å². The lowest BCUT2D eigenvalue weighted by Crippen LogP contribution is -1.95. The van der Waals surface area contributed by atoms with Crippen LogP contribution < -0.4 is 4.74 Å². The van der Waals surface area contributed by atoms with Crippen molar-refractivity contribution in [1.29, 1.82) is 0 Å². The molecule has 0 aliphatic heterocycles. The number of carboxylic acid groups (broad SMARTS) is 1. The van der Waals surface area contributed by atoms with E-state index >= 15 is 0 Å². The van der Waals surface area contributed by atoms with Crippen LogP contribution in [0.3, 0.4) is 0 Å². The fourth-order valence-electron chi connectivity index (χ4n) is 1.58. The van der Waals surface area contributed by atoms with Crippen molar-refractivity contribution in [2.75, 3.05) is 6.61 Å². The van der Waals surface area contributed by atoms with Gasteiger partial charge >= 0.3 is 5.97 Å². The summed E-state index contributed by atoms with van der Waals surface area (Å²) in [6.07, 6.45) is 0. The van der Waals surface area contributed by atoms with Gasteiger partial charge < -0.3 is 14.3 Å². The molecule has 0 saturated carbocycles. The molecule has 1 N–H and O–H groups in total. The Hall–Kier alpha value is -2.30. The van der Waals surface area contributed by atoms with Crippen molar-refractivity contribution >= 4 is 5.97 Å². The van der Waals surface area contributed by atoms with Gasteiger partial charge in [-0.05, 0) is 38.1 Å². The van der Waals surface area contributed by atoms with Crippen LogP contribution in [-0.4, -0.2) is 22.7 Å². The van der Waals surface area contributed by atoms with Crippen LogP contribution in [0.5, 0.6) is 5.75 Å². The molecule has 94 valence electrons. The van der Waals surface area contributed by atoms with Crippen LogP contribution in [0.25, 0.3) is 11.5 Å². The van der Waals surface area contributed by atoms with Crippen LogP contribution in [0, 0.1) is 6.92 Å². The van der Waals surface area contributed by atoms with E-state index in [4.69, 9.17) is 14.3 Å². The molecule has 0 bridgehead atoms. The Balaban J connectivity index is 2.31. The molecule has 1 heterocycles. The molecule has 0 aliphatic rings. The van der Waals surface area contributed by atoms with Crippen molar-refractivity contribution in [2.45, 2.75) is 13.8 Å². The lowest BCUT2D eigenvalue weighted by molar-refractivity contribution is 0.0662. The predicted molar refractivity (Wildman–Crippen MR) is 64.8 cm³/mol. The Bertz CT molecular complexity index is 557. The SMILES string of the molecule is CCOc1ccc(-c2nc(C)c(C(=O)O)o2)cc1. The smallest absolute Gasteiger partial charge is 0.373 e. The molecule has 0 saturated heterocycles. The fraction of sp³-hybridized carbons (Fsp3) is 0.231. The van der Waals surface area contributed by atoms with Gasteiger partial charge in [0, 0.05) is 5.56 Å². The van der Waals surface area contributed by atoms with Crippen molar-refractivity contribution in [3.8, 4) is 17.2 Å². The van der Waals surface area contributed by atoms with E-state index in [0.717, 1.165) is 5.75 Å². The number of benzene rings is 1. The van der Waals surface area contributed by atoms with Crippen LogP contribution in [0.15, 0.2) is 28.7 Å². The van der Waals surface area contributed by atoms with Crippen LogP contribution in [-0.2, 0) is 0 Å². The summed E-state index contributed by atoms with van der Waals surface area (Å²) >= 11 is 0. The molecule has 0 spiro atoms. The molecule has 0 aliphatic carbocycles. The number of hydrogen-bond acceptors (Lipinski definition) is 4. The summed E-state index contributed by atoms with van der Waals surface area (Å²) in [5.41, 5.74) is 1.08. The molecule has 0 atom stereocenters. The normalized spacial score (nSPS) is 10.3. The number of aromatic nitrogens is 1. The highest BCUT2D eigenvalue weighted by Gasteiger charge is 2.16. The quantitative estimate of drug-likeness (QED) is 0.899. The minimum Gasteiger partial charge on any atom is -0.494 e. The highest BCUT2D eigenvalue weighted by Crippen LogP contribution is 2.24.